The number of rotatable bonds is 9. The van der Waals surface area contributed by atoms with E-state index in [0.717, 1.165) is 25.7 Å². The van der Waals surface area contributed by atoms with E-state index in [0.29, 0.717) is 23.6 Å². The van der Waals surface area contributed by atoms with E-state index in [9.17, 15) is 9.59 Å². The Labute approximate surface area is 157 Å². The predicted octanol–water partition coefficient (Wildman–Crippen LogP) is 3.24. The van der Waals surface area contributed by atoms with Crippen LogP contribution in [0.2, 0.25) is 0 Å². The van der Waals surface area contributed by atoms with Gasteiger partial charge in [-0.25, -0.2) is 4.79 Å². The number of aliphatic carboxylic acids is 1. The van der Waals surface area contributed by atoms with Crippen LogP contribution in [0.25, 0.3) is 11.7 Å². The highest BCUT2D eigenvalue weighted by molar-refractivity contribution is 5.97. The molecule has 142 valence electrons. The number of ether oxygens (including phenoxy) is 1. The fourth-order valence-electron chi connectivity index (χ4n) is 2.57. The second-order valence-electron chi connectivity index (χ2n) is 5.98. The number of amides is 1. The molecule has 0 radical (unpaired) electrons. The molecule has 0 saturated heterocycles. The maximum absolute atomic E-state index is 11.4. The third-order valence-corrected chi connectivity index (χ3v) is 3.83. The smallest absolute Gasteiger partial charge is 0.346 e. The van der Waals surface area contributed by atoms with Gasteiger partial charge in [-0.05, 0) is 24.6 Å². The molecule has 2 aromatic rings. The normalized spacial score (nSPS) is 11.2. The largest absolute Gasteiger partial charge is 0.477 e. The van der Waals surface area contributed by atoms with Gasteiger partial charge in [0, 0.05) is 13.1 Å². The van der Waals surface area contributed by atoms with Crippen LogP contribution in [0, 0.1) is 11.3 Å². The van der Waals surface area contributed by atoms with E-state index in [-0.39, 0.29) is 11.8 Å². The number of anilines is 1. The summed E-state index contributed by atoms with van der Waals surface area (Å²) in [5.41, 5.74) is 0.781. The molecule has 0 spiro atoms. The number of hydrogen-bond donors (Lipinski definition) is 2. The van der Waals surface area contributed by atoms with Crippen LogP contribution in [0.3, 0.4) is 0 Å². The van der Waals surface area contributed by atoms with Crippen LogP contribution in [0.15, 0.2) is 23.9 Å². The second-order valence-corrected chi connectivity index (χ2v) is 5.98. The van der Waals surface area contributed by atoms with Gasteiger partial charge >= 0.3 is 5.97 Å². The standard InChI is InChI=1S/C19H22N4O4/c1-3-4-5-6-10-27-18-16(11-14(12-20)19(25)26)23-9-7-8-15(17(23)22-18)21-13(2)24/h7-9,11H,3-6,10H2,1-2H3,(H,21,24)(H,25,26). The number of aromatic nitrogens is 2. The zero-order chi connectivity index (χ0) is 19.8. The highest BCUT2D eigenvalue weighted by Crippen LogP contribution is 2.27. The summed E-state index contributed by atoms with van der Waals surface area (Å²) in [7, 11) is 0. The minimum Gasteiger partial charge on any atom is -0.477 e. The van der Waals surface area contributed by atoms with Gasteiger partial charge in [-0.1, -0.05) is 26.2 Å². The third-order valence-electron chi connectivity index (χ3n) is 3.83. The third kappa shape index (κ3) is 5.07. The lowest BCUT2D eigenvalue weighted by atomic mass is 10.2. The average molecular weight is 370 g/mol. The van der Waals surface area contributed by atoms with E-state index in [1.54, 1.807) is 28.8 Å². The van der Waals surface area contributed by atoms with Crippen LogP contribution in [0.4, 0.5) is 5.69 Å². The Morgan fingerprint density at radius 3 is 2.81 bits per heavy atom. The predicted molar refractivity (Wildman–Crippen MR) is 100 cm³/mol. The number of nitriles is 1. The Kier molecular flexibility index (Phi) is 6.94. The van der Waals surface area contributed by atoms with Crippen LogP contribution in [-0.4, -0.2) is 33.0 Å². The molecule has 1 amide bonds. The molecule has 8 nitrogen and oxygen atoms in total. The Balaban J connectivity index is 2.47. The molecule has 0 bridgehead atoms. The molecule has 2 N–H and O–H groups in total. The number of unbranched alkanes of at least 4 members (excludes halogenated alkanes) is 3. The van der Waals surface area contributed by atoms with Gasteiger partial charge in [0.25, 0.3) is 0 Å². The number of nitrogens with zero attached hydrogens (tertiary/aromatic N) is 3. The Hall–Kier alpha value is -3.34. The van der Waals surface area contributed by atoms with Gasteiger partial charge in [0.15, 0.2) is 5.65 Å². The van der Waals surface area contributed by atoms with Crippen molar-refractivity contribution in [1.82, 2.24) is 9.38 Å². The van der Waals surface area contributed by atoms with E-state index in [2.05, 4.69) is 17.2 Å². The first kappa shape index (κ1) is 20.0. The van der Waals surface area contributed by atoms with Gasteiger partial charge in [-0.3, -0.25) is 9.20 Å². The lowest BCUT2D eigenvalue weighted by Crippen LogP contribution is -2.07. The molecule has 8 heteroatoms. The zero-order valence-corrected chi connectivity index (χ0v) is 15.4. The number of carbonyl (C=O) groups is 2. The fourth-order valence-corrected chi connectivity index (χ4v) is 2.57. The van der Waals surface area contributed by atoms with Crippen molar-refractivity contribution >= 4 is 29.3 Å². The van der Waals surface area contributed by atoms with Crippen LogP contribution >= 0.6 is 0 Å². The van der Waals surface area contributed by atoms with Crippen LogP contribution in [0.5, 0.6) is 5.88 Å². The minimum atomic E-state index is -1.33. The van der Waals surface area contributed by atoms with Crippen molar-refractivity contribution in [3.05, 3.63) is 29.6 Å². The Bertz CT molecular complexity index is 908. The van der Waals surface area contributed by atoms with E-state index in [4.69, 9.17) is 15.1 Å². The molecular weight excluding hydrogens is 348 g/mol. The molecule has 2 aromatic heterocycles. The summed E-state index contributed by atoms with van der Waals surface area (Å²) in [6.07, 6.45) is 6.96. The average Bonchev–Trinajstić information content (AvgIpc) is 2.97. The number of carbonyl (C=O) groups excluding carboxylic acids is 1. The number of carboxylic acids is 1. The second kappa shape index (κ2) is 9.38. The molecule has 27 heavy (non-hydrogen) atoms. The lowest BCUT2D eigenvalue weighted by Gasteiger charge is -2.05. The first-order valence-electron chi connectivity index (χ1n) is 8.74. The topological polar surface area (TPSA) is 117 Å². The number of pyridine rings is 1. The molecule has 2 heterocycles. The van der Waals surface area contributed by atoms with Crippen molar-refractivity contribution in [2.45, 2.75) is 39.5 Å². The van der Waals surface area contributed by atoms with Gasteiger partial charge in [-0.2, -0.15) is 10.2 Å². The summed E-state index contributed by atoms with van der Waals surface area (Å²) in [5.74, 6) is -1.37. The highest BCUT2D eigenvalue weighted by Gasteiger charge is 2.17. The zero-order valence-electron chi connectivity index (χ0n) is 15.4. The van der Waals surface area contributed by atoms with Crippen LogP contribution < -0.4 is 10.1 Å². The number of hydrogen-bond acceptors (Lipinski definition) is 5. The van der Waals surface area contributed by atoms with E-state index in [1.807, 2.05) is 0 Å². The van der Waals surface area contributed by atoms with E-state index >= 15 is 0 Å². The summed E-state index contributed by atoms with van der Waals surface area (Å²) in [6, 6.07) is 5.03. The maximum atomic E-state index is 11.4. The maximum Gasteiger partial charge on any atom is 0.346 e. The van der Waals surface area contributed by atoms with Crippen molar-refractivity contribution < 1.29 is 19.4 Å². The summed E-state index contributed by atoms with van der Waals surface area (Å²) < 4.78 is 7.35. The molecule has 0 aliphatic rings. The summed E-state index contributed by atoms with van der Waals surface area (Å²) in [4.78, 5) is 27.1. The molecule has 2 rings (SSSR count). The van der Waals surface area contributed by atoms with Crippen molar-refractivity contribution in [1.29, 1.82) is 5.26 Å². The van der Waals surface area contributed by atoms with Crippen molar-refractivity contribution in [2.75, 3.05) is 11.9 Å². The Morgan fingerprint density at radius 2 is 2.19 bits per heavy atom. The van der Waals surface area contributed by atoms with Gasteiger partial charge in [0.05, 0.1) is 12.3 Å². The number of carboxylic acid groups (broad SMARTS) is 1. The monoisotopic (exact) mass is 370 g/mol. The van der Waals surface area contributed by atoms with Gasteiger partial charge in [0.2, 0.25) is 11.8 Å². The van der Waals surface area contributed by atoms with E-state index < -0.39 is 11.5 Å². The van der Waals surface area contributed by atoms with Gasteiger partial charge in [-0.15, -0.1) is 0 Å². The molecule has 0 fully saturated rings. The molecule has 0 saturated carbocycles. The number of fused-ring (bicyclic) bond motifs is 1. The van der Waals surface area contributed by atoms with Gasteiger partial charge < -0.3 is 15.2 Å². The molecular formula is C19H22N4O4. The molecule has 0 unspecified atom stereocenters. The molecule has 0 aliphatic heterocycles. The van der Waals surface area contributed by atoms with Crippen molar-refractivity contribution in [2.24, 2.45) is 0 Å². The van der Waals surface area contributed by atoms with Crippen molar-refractivity contribution in [3.63, 3.8) is 0 Å². The van der Waals surface area contributed by atoms with E-state index in [1.165, 1.54) is 13.0 Å². The first-order valence-corrected chi connectivity index (χ1v) is 8.74. The van der Waals surface area contributed by atoms with Crippen molar-refractivity contribution in [3.8, 4) is 11.9 Å². The highest BCUT2D eigenvalue weighted by atomic mass is 16.5. The first-order chi connectivity index (χ1) is 13.0. The van der Waals surface area contributed by atoms with Crippen LogP contribution in [0.1, 0.15) is 45.2 Å². The molecule has 0 atom stereocenters. The number of imidazole rings is 1. The fraction of sp³-hybridized carbons (Fsp3) is 0.368. The number of nitrogens with one attached hydrogen (secondary N) is 1. The summed E-state index contributed by atoms with van der Waals surface area (Å²) in [5, 5.41) is 20.9. The van der Waals surface area contributed by atoms with Crippen LogP contribution in [-0.2, 0) is 9.59 Å². The summed E-state index contributed by atoms with van der Waals surface area (Å²) in [6.45, 7) is 3.93. The lowest BCUT2D eigenvalue weighted by molar-refractivity contribution is -0.132. The SMILES string of the molecule is CCCCCCOc1nc2c(NC(C)=O)cccn2c1C=C(C#N)C(=O)O. The van der Waals surface area contributed by atoms with Gasteiger partial charge in [0.1, 0.15) is 17.3 Å². The molecule has 0 aliphatic carbocycles. The summed E-state index contributed by atoms with van der Waals surface area (Å²) >= 11 is 0. The Morgan fingerprint density at radius 1 is 1.41 bits per heavy atom. The minimum absolute atomic E-state index is 0.221. The quantitative estimate of drug-likeness (QED) is 0.397. The molecule has 0 aromatic carbocycles.